The van der Waals surface area contributed by atoms with Crippen molar-refractivity contribution in [1.82, 2.24) is 14.9 Å². The highest BCUT2D eigenvalue weighted by atomic mass is 79.9. The van der Waals surface area contributed by atoms with Crippen LogP contribution in [-0.4, -0.2) is 34.1 Å². The smallest absolute Gasteiger partial charge is 0.139 e. The highest BCUT2D eigenvalue weighted by Gasteiger charge is 2.24. The number of aromatic nitrogens is 2. The second-order valence-corrected chi connectivity index (χ2v) is 6.29. The number of hydrogen-bond donors (Lipinski definition) is 0. The molecule has 4 nitrogen and oxygen atoms in total. The molecule has 3 heterocycles. The maximum absolute atomic E-state index is 5.99. The molecular weight excluding hydrogens is 330 g/mol. The summed E-state index contributed by atoms with van der Waals surface area (Å²) in [5.41, 5.74) is 2.19. The Morgan fingerprint density at radius 3 is 3.10 bits per heavy atom. The molecule has 0 N–H and O–H groups in total. The van der Waals surface area contributed by atoms with E-state index in [2.05, 4.69) is 42.9 Å². The van der Waals surface area contributed by atoms with Gasteiger partial charge in [0.25, 0.3) is 0 Å². The van der Waals surface area contributed by atoms with Crippen molar-refractivity contribution in [3.05, 3.63) is 52.5 Å². The van der Waals surface area contributed by atoms with Crippen molar-refractivity contribution >= 4 is 15.9 Å². The zero-order valence-electron chi connectivity index (χ0n) is 12.0. The van der Waals surface area contributed by atoms with E-state index in [1.165, 1.54) is 0 Å². The number of aryl methyl sites for hydroxylation is 1. The lowest BCUT2D eigenvalue weighted by atomic mass is 10.3. The van der Waals surface area contributed by atoms with Crippen LogP contribution >= 0.6 is 15.9 Å². The summed E-state index contributed by atoms with van der Waals surface area (Å²) in [7, 11) is 0. The maximum Gasteiger partial charge on any atom is 0.139 e. The molecule has 1 aliphatic rings. The lowest BCUT2D eigenvalue weighted by Gasteiger charge is -2.16. The van der Waals surface area contributed by atoms with Gasteiger partial charge in [0.1, 0.15) is 11.9 Å². The van der Waals surface area contributed by atoms with Gasteiger partial charge in [0.05, 0.1) is 11.9 Å². The summed E-state index contributed by atoms with van der Waals surface area (Å²) >= 11 is 3.41. The molecule has 1 aliphatic heterocycles. The Bertz CT molecular complexity index is 566. The first kappa shape index (κ1) is 14.5. The zero-order chi connectivity index (χ0) is 14.7. The Labute approximate surface area is 133 Å². The first-order valence-electron chi connectivity index (χ1n) is 7.11. The van der Waals surface area contributed by atoms with Crippen molar-refractivity contribution in [2.75, 3.05) is 13.1 Å². The third-order valence-electron chi connectivity index (χ3n) is 3.54. The summed E-state index contributed by atoms with van der Waals surface area (Å²) in [4.78, 5) is 11.1. The van der Waals surface area contributed by atoms with Crippen LogP contribution in [0.1, 0.15) is 17.8 Å². The molecule has 0 bridgehead atoms. The van der Waals surface area contributed by atoms with Crippen LogP contribution < -0.4 is 4.74 Å². The molecule has 0 spiro atoms. The van der Waals surface area contributed by atoms with E-state index in [9.17, 15) is 0 Å². The second kappa shape index (κ2) is 6.54. The Kier molecular flexibility index (Phi) is 4.51. The van der Waals surface area contributed by atoms with Gasteiger partial charge in [0, 0.05) is 36.0 Å². The summed E-state index contributed by atoms with van der Waals surface area (Å²) in [6.07, 6.45) is 4.79. The van der Waals surface area contributed by atoms with E-state index in [0.29, 0.717) is 0 Å². The Morgan fingerprint density at radius 2 is 2.29 bits per heavy atom. The van der Waals surface area contributed by atoms with Crippen molar-refractivity contribution in [3.8, 4) is 5.75 Å². The van der Waals surface area contributed by atoms with E-state index in [4.69, 9.17) is 4.74 Å². The fourth-order valence-corrected chi connectivity index (χ4v) is 2.95. The number of nitrogens with zero attached hydrogens (tertiary/aromatic N) is 3. The van der Waals surface area contributed by atoms with Crippen LogP contribution in [0.5, 0.6) is 5.75 Å². The van der Waals surface area contributed by atoms with Gasteiger partial charge in [0.2, 0.25) is 0 Å². The topological polar surface area (TPSA) is 38.2 Å². The van der Waals surface area contributed by atoms with E-state index < -0.39 is 0 Å². The predicted octanol–water partition coefficient (Wildman–Crippen LogP) is 3.20. The molecule has 2 aromatic heterocycles. The fraction of sp³-hybridized carbons (Fsp3) is 0.375. The minimum absolute atomic E-state index is 0.228. The molecule has 1 fully saturated rings. The Morgan fingerprint density at radius 1 is 1.38 bits per heavy atom. The van der Waals surface area contributed by atoms with Crippen LogP contribution in [0.15, 0.2) is 41.1 Å². The molecule has 0 amide bonds. The zero-order valence-corrected chi connectivity index (χ0v) is 13.6. The van der Waals surface area contributed by atoms with Crippen molar-refractivity contribution in [2.45, 2.75) is 26.0 Å². The van der Waals surface area contributed by atoms with Crippen LogP contribution in [0.4, 0.5) is 0 Å². The molecule has 0 aliphatic carbocycles. The average molecular weight is 348 g/mol. The molecular formula is C16H18BrN3O. The number of halogens is 1. The van der Waals surface area contributed by atoms with E-state index in [1.807, 2.05) is 19.1 Å². The van der Waals surface area contributed by atoms with E-state index in [1.54, 1.807) is 12.4 Å². The molecule has 5 heteroatoms. The Balaban J connectivity index is 1.56. The van der Waals surface area contributed by atoms with E-state index >= 15 is 0 Å². The largest absolute Gasteiger partial charge is 0.487 e. The fourth-order valence-electron chi connectivity index (χ4n) is 2.60. The van der Waals surface area contributed by atoms with Crippen LogP contribution in [0.3, 0.4) is 0 Å². The van der Waals surface area contributed by atoms with Gasteiger partial charge in [-0.05, 0) is 47.5 Å². The number of hydrogen-bond acceptors (Lipinski definition) is 4. The molecule has 0 saturated carbocycles. The van der Waals surface area contributed by atoms with Crippen molar-refractivity contribution in [3.63, 3.8) is 0 Å². The second-order valence-electron chi connectivity index (χ2n) is 5.37. The molecule has 1 atom stereocenters. The molecule has 0 radical (unpaired) electrons. The maximum atomic E-state index is 5.99. The van der Waals surface area contributed by atoms with Gasteiger partial charge < -0.3 is 4.74 Å². The molecule has 21 heavy (non-hydrogen) atoms. The summed E-state index contributed by atoms with van der Waals surface area (Å²) in [6.45, 7) is 4.89. The number of ether oxygens (including phenoxy) is 1. The first-order valence-corrected chi connectivity index (χ1v) is 7.90. The highest BCUT2D eigenvalue weighted by Crippen LogP contribution is 2.21. The van der Waals surface area contributed by atoms with Crippen molar-refractivity contribution < 1.29 is 4.74 Å². The van der Waals surface area contributed by atoms with Gasteiger partial charge in [-0.15, -0.1) is 0 Å². The van der Waals surface area contributed by atoms with Gasteiger partial charge in [0.15, 0.2) is 0 Å². The third-order valence-corrected chi connectivity index (χ3v) is 3.98. The molecule has 1 saturated heterocycles. The van der Waals surface area contributed by atoms with Crippen molar-refractivity contribution in [1.29, 1.82) is 0 Å². The molecule has 2 aromatic rings. The monoisotopic (exact) mass is 347 g/mol. The quantitative estimate of drug-likeness (QED) is 0.851. The van der Waals surface area contributed by atoms with Gasteiger partial charge in [-0.2, -0.15) is 0 Å². The summed E-state index contributed by atoms with van der Waals surface area (Å²) in [5, 5.41) is 0. The number of rotatable bonds is 4. The van der Waals surface area contributed by atoms with E-state index in [0.717, 1.165) is 47.7 Å². The SMILES string of the molecule is Cc1cccc(CN2CCC(Oc3cncc(Br)c3)C2)n1. The predicted molar refractivity (Wildman–Crippen MR) is 85.2 cm³/mol. The first-order chi connectivity index (χ1) is 10.2. The Hall–Kier alpha value is -1.46. The van der Waals surface area contributed by atoms with Gasteiger partial charge >= 0.3 is 0 Å². The third kappa shape index (κ3) is 4.02. The minimum atomic E-state index is 0.228. The average Bonchev–Trinajstić information content (AvgIpc) is 2.86. The summed E-state index contributed by atoms with van der Waals surface area (Å²) in [6, 6.07) is 8.13. The summed E-state index contributed by atoms with van der Waals surface area (Å²) < 4.78 is 6.94. The lowest BCUT2D eigenvalue weighted by Crippen LogP contribution is -2.25. The minimum Gasteiger partial charge on any atom is -0.487 e. The van der Waals surface area contributed by atoms with Crippen molar-refractivity contribution in [2.24, 2.45) is 0 Å². The van der Waals surface area contributed by atoms with Crippen LogP contribution in [0, 0.1) is 6.92 Å². The standard InChI is InChI=1S/C16H18BrN3O/c1-12-3-2-4-14(19-12)10-20-6-5-15(11-20)21-16-7-13(17)8-18-9-16/h2-4,7-9,15H,5-6,10-11H2,1H3. The number of pyridine rings is 2. The van der Waals surface area contributed by atoms with Crippen LogP contribution in [-0.2, 0) is 6.54 Å². The van der Waals surface area contributed by atoms with Crippen LogP contribution in [0.2, 0.25) is 0 Å². The summed E-state index contributed by atoms with van der Waals surface area (Å²) in [5.74, 6) is 0.824. The van der Waals surface area contributed by atoms with Gasteiger partial charge in [-0.1, -0.05) is 6.07 Å². The normalized spacial score (nSPS) is 18.9. The molecule has 1 unspecified atom stereocenters. The lowest BCUT2D eigenvalue weighted by molar-refractivity contribution is 0.197. The van der Waals surface area contributed by atoms with Crippen LogP contribution in [0.25, 0.3) is 0 Å². The van der Waals surface area contributed by atoms with Gasteiger partial charge in [-0.25, -0.2) is 0 Å². The molecule has 110 valence electrons. The number of likely N-dealkylation sites (tertiary alicyclic amines) is 1. The molecule has 3 rings (SSSR count). The molecule has 0 aromatic carbocycles. The van der Waals surface area contributed by atoms with Gasteiger partial charge in [-0.3, -0.25) is 14.9 Å². The highest BCUT2D eigenvalue weighted by molar-refractivity contribution is 9.10. The van der Waals surface area contributed by atoms with E-state index in [-0.39, 0.29) is 6.10 Å².